The largest absolute Gasteiger partial charge is 0.340 e. The second-order valence-corrected chi connectivity index (χ2v) is 8.47. The van der Waals surface area contributed by atoms with Gasteiger partial charge in [0.1, 0.15) is 6.04 Å². The van der Waals surface area contributed by atoms with Crippen molar-refractivity contribution >= 4 is 46.9 Å². The molecule has 11 heteroatoms. The average Bonchev–Trinajstić information content (AvgIpc) is 3.25. The number of non-ortho nitro benzene ring substituents is 1. The molecule has 1 unspecified atom stereocenters. The Morgan fingerprint density at radius 1 is 1.12 bits per heavy atom. The van der Waals surface area contributed by atoms with Gasteiger partial charge in [0.25, 0.3) is 17.5 Å². The Balaban J connectivity index is 1.69. The molecule has 2 amide bonds. The summed E-state index contributed by atoms with van der Waals surface area (Å²) in [7, 11) is 0. The summed E-state index contributed by atoms with van der Waals surface area (Å²) in [5.41, 5.74) is 3.96. The number of hydrogen-bond donors (Lipinski definition) is 2. The molecule has 1 atom stereocenters. The number of carbonyl (C=O) groups excluding carboxylic acids is 2. The lowest BCUT2D eigenvalue weighted by atomic mass is 10.0. The number of nitro groups is 1. The number of aromatic nitrogens is 1. The first-order chi connectivity index (χ1) is 16.2. The van der Waals surface area contributed by atoms with E-state index in [1.165, 1.54) is 36.5 Å². The van der Waals surface area contributed by atoms with Gasteiger partial charge in [0.2, 0.25) is 0 Å². The van der Waals surface area contributed by atoms with Crippen molar-refractivity contribution in [2.75, 3.05) is 0 Å². The summed E-state index contributed by atoms with van der Waals surface area (Å²) >= 11 is 12.0. The highest BCUT2D eigenvalue weighted by Gasteiger charge is 2.25. The molecule has 0 radical (unpaired) electrons. The molecule has 34 heavy (non-hydrogen) atoms. The molecule has 0 bridgehead atoms. The summed E-state index contributed by atoms with van der Waals surface area (Å²) in [6.45, 7) is 3.58. The molecule has 1 heterocycles. The molecule has 0 spiro atoms. The number of hydrazone groups is 1. The topological polar surface area (TPSA) is 119 Å². The van der Waals surface area contributed by atoms with Gasteiger partial charge in [-0.05, 0) is 48.4 Å². The van der Waals surface area contributed by atoms with E-state index in [4.69, 9.17) is 23.2 Å². The fraction of sp³-hybridized carbons (Fsp3) is 0.174. The fourth-order valence-electron chi connectivity index (χ4n) is 3.13. The quantitative estimate of drug-likeness (QED) is 0.266. The highest BCUT2D eigenvalue weighted by atomic mass is 35.5. The average molecular weight is 502 g/mol. The monoisotopic (exact) mass is 501 g/mol. The first kappa shape index (κ1) is 24.9. The van der Waals surface area contributed by atoms with Crippen LogP contribution in [0.1, 0.15) is 29.9 Å². The third-order valence-corrected chi connectivity index (χ3v) is 5.45. The lowest BCUT2D eigenvalue weighted by Crippen LogP contribution is -2.48. The molecule has 2 aromatic carbocycles. The van der Waals surface area contributed by atoms with Gasteiger partial charge in [-0.2, -0.15) is 5.10 Å². The summed E-state index contributed by atoms with van der Waals surface area (Å²) in [5.74, 6) is -1.24. The summed E-state index contributed by atoms with van der Waals surface area (Å²) in [6, 6.07) is 13.2. The number of nitrogens with zero attached hydrogens (tertiary/aromatic N) is 3. The van der Waals surface area contributed by atoms with E-state index in [2.05, 4.69) is 15.8 Å². The number of rotatable bonds is 8. The zero-order valence-corrected chi connectivity index (χ0v) is 19.7. The third-order valence-electron chi connectivity index (χ3n) is 4.90. The van der Waals surface area contributed by atoms with Crippen LogP contribution in [0.3, 0.4) is 0 Å². The van der Waals surface area contributed by atoms with Crippen LogP contribution in [0, 0.1) is 16.0 Å². The zero-order chi connectivity index (χ0) is 24.8. The predicted molar refractivity (Wildman–Crippen MR) is 131 cm³/mol. The Labute approximate surface area is 205 Å². The van der Waals surface area contributed by atoms with Gasteiger partial charge in [0.05, 0.1) is 27.4 Å². The van der Waals surface area contributed by atoms with Crippen molar-refractivity contribution in [1.29, 1.82) is 0 Å². The van der Waals surface area contributed by atoms with E-state index < -0.39 is 22.8 Å². The molecule has 0 aliphatic rings. The van der Waals surface area contributed by atoms with Crippen molar-refractivity contribution in [3.05, 3.63) is 92.2 Å². The predicted octanol–water partition coefficient (Wildman–Crippen LogP) is 4.60. The van der Waals surface area contributed by atoms with Crippen molar-refractivity contribution in [2.24, 2.45) is 11.0 Å². The Morgan fingerprint density at radius 3 is 2.44 bits per heavy atom. The van der Waals surface area contributed by atoms with Gasteiger partial charge in [-0.25, -0.2) is 5.43 Å². The Hall–Kier alpha value is -3.69. The first-order valence-corrected chi connectivity index (χ1v) is 10.9. The maximum atomic E-state index is 12.7. The van der Waals surface area contributed by atoms with Crippen LogP contribution >= 0.6 is 23.2 Å². The van der Waals surface area contributed by atoms with E-state index in [9.17, 15) is 19.7 Å². The number of carbonyl (C=O) groups is 2. The summed E-state index contributed by atoms with van der Waals surface area (Å²) < 4.78 is 1.75. The Kier molecular flexibility index (Phi) is 8.04. The lowest BCUT2D eigenvalue weighted by molar-refractivity contribution is -0.384. The van der Waals surface area contributed by atoms with Gasteiger partial charge in [-0.3, -0.25) is 19.7 Å². The van der Waals surface area contributed by atoms with Crippen LogP contribution in [-0.4, -0.2) is 33.6 Å². The number of nitrogens with one attached hydrogen (secondary N) is 2. The molecule has 1 aromatic heterocycles. The highest BCUT2D eigenvalue weighted by molar-refractivity contribution is 6.36. The third kappa shape index (κ3) is 6.00. The maximum absolute atomic E-state index is 12.7. The van der Waals surface area contributed by atoms with E-state index in [1.54, 1.807) is 48.9 Å². The van der Waals surface area contributed by atoms with Crippen molar-refractivity contribution in [2.45, 2.75) is 19.9 Å². The van der Waals surface area contributed by atoms with Gasteiger partial charge < -0.3 is 9.88 Å². The minimum Gasteiger partial charge on any atom is -0.340 e. The lowest BCUT2D eigenvalue weighted by Gasteiger charge is -2.20. The summed E-state index contributed by atoms with van der Waals surface area (Å²) in [5, 5.41) is 18.1. The summed E-state index contributed by atoms with van der Waals surface area (Å²) in [6.07, 6.45) is 3.20. The molecule has 9 nitrogen and oxygen atoms in total. The Morgan fingerprint density at radius 2 is 1.82 bits per heavy atom. The molecule has 0 fully saturated rings. The van der Waals surface area contributed by atoms with Crippen LogP contribution in [0.4, 0.5) is 5.69 Å². The smallest absolute Gasteiger partial charge is 0.269 e. The van der Waals surface area contributed by atoms with Gasteiger partial charge in [-0.15, -0.1) is 0 Å². The van der Waals surface area contributed by atoms with Crippen LogP contribution in [0.15, 0.2) is 65.9 Å². The number of benzene rings is 2. The molecule has 0 aliphatic carbocycles. The number of nitro benzene ring substituents is 1. The first-order valence-electron chi connectivity index (χ1n) is 10.2. The molecular weight excluding hydrogens is 481 g/mol. The molecule has 2 N–H and O–H groups in total. The number of amides is 2. The van der Waals surface area contributed by atoms with Crippen molar-refractivity contribution in [3.63, 3.8) is 0 Å². The maximum Gasteiger partial charge on any atom is 0.269 e. The van der Waals surface area contributed by atoms with Crippen LogP contribution < -0.4 is 10.7 Å². The van der Waals surface area contributed by atoms with E-state index in [-0.39, 0.29) is 22.2 Å². The molecule has 3 aromatic rings. The van der Waals surface area contributed by atoms with Crippen LogP contribution in [-0.2, 0) is 4.79 Å². The minimum absolute atomic E-state index is 0.0138. The molecule has 0 saturated heterocycles. The van der Waals surface area contributed by atoms with E-state index >= 15 is 0 Å². The second kappa shape index (κ2) is 11.0. The van der Waals surface area contributed by atoms with Gasteiger partial charge in [0, 0.05) is 29.0 Å². The van der Waals surface area contributed by atoms with E-state index in [1.807, 2.05) is 0 Å². The normalized spacial score (nSPS) is 12.0. The van der Waals surface area contributed by atoms with Crippen molar-refractivity contribution in [3.8, 4) is 5.69 Å². The zero-order valence-electron chi connectivity index (χ0n) is 18.2. The van der Waals surface area contributed by atoms with Crippen LogP contribution in [0.2, 0.25) is 10.0 Å². The number of hydrogen-bond acceptors (Lipinski definition) is 5. The van der Waals surface area contributed by atoms with Crippen molar-refractivity contribution in [1.82, 2.24) is 15.3 Å². The Bertz CT molecular complexity index is 1240. The van der Waals surface area contributed by atoms with E-state index in [0.717, 1.165) is 0 Å². The molecular formula is C23H21Cl2N5O4. The van der Waals surface area contributed by atoms with Gasteiger partial charge >= 0.3 is 0 Å². The SMILES string of the molecule is CC(C)C(NC(=O)c1ccc(Cl)cc1Cl)C(=O)NN=Cc1cccn1-c1ccc([N+](=O)[O-])cc1. The number of halogens is 2. The van der Waals surface area contributed by atoms with E-state index in [0.29, 0.717) is 16.4 Å². The molecule has 0 saturated carbocycles. The molecule has 0 aliphatic heterocycles. The fourth-order valence-corrected chi connectivity index (χ4v) is 3.62. The molecule has 3 rings (SSSR count). The molecule has 176 valence electrons. The van der Waals surface area contributed by atoms with Gasteiger partial charge in [-0.1, -0.05) is 37.0 Å². The summed E-state index contributed by atoms with van der Waals surface area (Å²) in [4.78, 5) is 35.7. The van der Waals surface area contributed by atoms with Gasteiger partial charge in [0.15, 0.2) is 0 Å². The standard InChI is InChI=1S/C23H21Cl2N5O4/c1-14(2)21(27-22(31)19-10-5-15(24)12-20(19)25)23(32)28-26-13-18-4-3-11-29(18)16-6-8-17(9-7-16)30(33)34/h3-14,21H,1-2H3,(H,27,31)(H,28,32). The minimum atomic E-state index is -0.863. The van der Waals surface area contributed by atoms with Crippen molar-refractivity contribution < 1.29 is 14.5 Å². The highest BCUT2D eigenvalue weighted by Crippen LogP contribution is 2.21. The van der Waals surface area contributed by atoms with Crippen LogP contribution in [0.5, 0.6) is 0 Å². The van der Waals surface area contributed by atoms with Crippen LogP contribution in [0.25, 0.3) is 5.69 Å². The second-order valence-electron chi connectivity index (χ2n) is 7.63.